The van der Waals surface area contributed by atoms with Crippen LogP contribution < -0.4 is 4.90 Å². The van der Waals surface area contributed by atoms with E-state index in [-0.39, 0.29) is 11.1 Å². The first-order valence-corrected chi connectivity index (χ1v) is 17.5. The first-order valence-electron chi connectivity index (χ1n) is 16.7. The third kappa shape index (κ3) is 6.05. The number of rotatable bonds is 7. The van der Waals surface area contributed by atoms with Crippen molar-refractivity contribution in [1.29, 1.82) is 0 Å². The lowest BCUT2D eigenvalue weighted by Crippen LogP contribution is -2.60. The van der Waals surface area contributed by atoms with Gasteiger partial charge in [-0.15, -0.1) is 0 Å². The van der Waals surface area contributed by atoms with Crippen LogP contribution >= 0.6 is 23.2 Å². The van der Waals surface area contributed by atoms with Crippen LogP contribution in [0.2, 0.25) is 10.0 Å². The van der Waals surface area contributed by atoms with Crippen LogP contribution in [0.25, 0.3) is 27.7 Å². The van der Waals surface area contributed by atoms with Crippen molar-refractivity contribution in [2.45, 2.75) is 75.7 Å². The van der Waals surface area contributed by atoms with Crippen molar-refractivity contribution in [3.8, 4) is 11.3 Å². The van der Waals surface area contributed by atoms with Gasteiger partial charge in [0.15, 0.2) is 6.10 Å². The Balaban J connectivity index is 0.965. The van der Waals surface area contributed by atoms with E-state index in [0.29, 0.717) is 32.7 Å². The molecule has 4 aliphatic rings. The number of nitrogens with zero attached hydrogens (tertiary/aromatic N) is 4. The van der Waals surface area contributed by atoms with Gasteiger partial charge in [0.1, 0.15) is 35.5 Å². The van der Waals surface area contributed by atoms with Gasteiger partial charge in [0.05, 0.1) is 15.6 Å². The number of aliphatic carboxylic acids is 1. The lowest BCUT2D eigenvalue weighted by molar-refractivity contribution is -0.278. The summed E-state index contributed by atoms with van der Waals surface area (Å²) in [5, 5.41) is 45.6. The predicted octanol–water partition coefficient (Wildman–Crippen LogP) is 4.90. The maximum atomic E-state index is 13.0. The number of pyridine rings is 2. The number of carboxylic acids is 1. The fourth-order valence-electron chi connectivity index (χ4n) is 7.46. The molecule has 2 saturated heterocycles. The molecule has 5 heterocycles. The number of hydrogen-bond acceptors (Lipinski definition) is 12. The molecule has 3 aromatic heterocycles. The Bertz CT molecular complexity index is 2070. The Morgan fingerprint density at radius 2 is 1.71 bits per heavy atom. The van der Waals surface area contributed by atoms with Crippen LogP contribution in [0.1, 0.15) is 65.4 Å². The van der Waals surface area contributed by atoms with Gasteiger partial charge < -0.3 is 39.3 Å². The highest BCUT2D eigenvalue weighted by atomic mass is 35.5. The summed E-state index contributed by atoms with van der Waals surface area (Å²) in [4.78, 5) is 35.3. The Morgan fingerprint density at radius 3 is 2.37 bits per heavy atom. The number of aliphatic hydroxyl groups excluding tert-OH is 3. The molecular formula is C36H34Cl2N4O9. The van der Waals surface area contributed by atoms with Crippen LogP contribution in [-0.2, 0) is 14.3 Å². The standard InChI is InChI=1S/C36H34Cl2N4O9/c1-16-10-24(34(48)50-35-30(45)28(43)29(44)32(49-35)33(46)47)40-23-5-4-19(11-20(16)23)42-8-6-36(7-9-42)12-18(13-36)25-27(41-51-31(25)17-2-3-17)26-21(37)14-39-15-22(26)38/h4-5,10-12,14-15,17,28-30,32,35,43-45H,2-3,6-9,13H2,1H3,(H,46,47)/t28-,29-,30+,32-,35-/m0/s1. The van der Waals surface area contributed by atoms with Crippen molar-refractivity contribution >= 4 is 57.3 Å². The highest BCUT2D eigenvalue weighted by molar-refractivity contribution is 6.39. The van der Waals surface area contributed by atoms with E-state index in [1.54, 1.807) is 12.4 Å². The molecule has 2 aliphatic carbocycles. The lowest BCUT2D eigenvalue weighted by atomic mass is 9.63. The van der Waals surface area contributed by atoms with Gasteiger partial charge in [0, 0.05) is 53.6 Å². The molecule has 0 bridgehead atoms. The number of fused-ring (bicyclic) bond motifs is 1. The summed E-state index contributed by atoms with van der Waals surface area (Å²) in [6.45, 7) is 3.54. The molecule has 3 fully saturated rings. The number of halogens is 2. The molecule has 1 spiro atoms. The number of anilines is 1. The highest BCUT2D eigenvalue weighted by Gasteiger charge is 2.49. The number of allylic oxidation sites excluding steroid dienone is 2. The van der Waals surface area contributed by atoms with Crippen LogP contribution in [0.15, 0.2) is 47.3 Å². The molecule has 15 heteroatoms. The number of benzene rings is 1. The Hall–Kier alpha value is -4.11. The number of ether oxygens (including phenoxy) is 2. The molecule has 1 aromatic carbocycles. The second-order valence-electron chi connectivity index (χ2n) is 13.9. The first kappa shape index (κ1) is 34.0. The van der Waals surface area contributed by atoms with Crippen LogP contribution in [0, 0.1) is 12.3 Å². The van der Waals surface area contributed by atoms with E-state index in [4.69, 9.17) is 37.2 Å². The summed E-state index contributed by atoms with van der Waals surface area (Å²) in [5.41, 5.74) is 5.87. The number of piperidine rings is 1. The van der Waals surface area contributed by atoms with Gasteiger partial charge >= 0.3 is 11.9 Å². The molecule has 8 rings (SSSR count). The van der Waals surface area contributed by atoms with Crippen LogP contribution in [-0.4, -0.2) is 91.3 Å². The van der Waals surface area contributed by atoms with Crippen molar-refractivity contribution in [2.75, 3.05) is 18.0 Å². The van der Waals surface area contributed by atoms with Gasteiger partial charge in [-0.25, -0.2) is 14.6 Å². The zero-order valence-corrected chi connectivity index (χ0v) is 28.8. The van der Waals surface area contributed by atoms with Gasteiger partial charge in [0.2, 0.25) is 6.29 Å². The molecular weight excluding hydrogens is 703 g/mol. The third-order valence-corrected chi connectivity index (χ3v) is 11.0. The Morgan fingerprint density at radius 1 is 1.00 bits per heavy atom. The second kappa shape index (κ2) is 12.8. The van der Waals surface area contributed by atoms with Gasteiger partial charge in [-0.2, -0.15) is 0 Å². The number of carbonyl (C=O) groups is 2. The summed E-state index contributed by atoms with van der Waals surface area (Å²) in [6.07, 6.45) is 1.15. The predicted molar refractivity (Wildman–Crippen MR) is 184 cm³/mol. The average Bonchev–Trinajstić information content (AvgIpc) is 3.86. The van der Waals surface area contributed by atoms with Crippen LogP contribution in [0.3, 0.4) is 0 Å². The molecule has 0 amide bonds. The van der Waals surface area contributed by atoms with Crippen molar-refractivity contribution in [1.82, 2.24) is 15.1 Å². The topological polar surface area (TPSA) is 189 Å². The van der Waals surface area contributed by atoms with E-state index in [9.17, 15) is 30.0 Å². The minimum Gasteiger partial charge on any atom is -0.479 e. The number of aromatic nitrogens is 3. The molecule has 13 nitrogen and oxygen atoms in total. The monoisotopic (exact) mass is 736 g/mol. The quantitative estimate of drug-likeness (QED) is 0.188. The van der Waals surface area contributed by atoms with Gasteiger partial charge in [-0.05, 0) is 79.8 Å². The number of aliphatic hydroxyl groups is 3. The number of aryl methyl sites for hydroxylation is 1. The number of hydrogen-bond donors (Lipinski definition) is 4. The van der Waals surface area contributed by atoms with Crippen molar-refractivity contribution in [2.24, 2.45) is 5.41 Å². The summed E-state index contributed by atoms with van der Waals surface area (Å²) in [5.74, 6) is -1.29. The van der Waals surface area contributed by atoms with Gasteiger partial charge in [-0.3, -0.25) is 4.98 Å². The Kier molecular flexibility index (Phi) is 8.56. The van der Waals surface area contributed by atoms with E-state index in [0.717, 1.165) is 73.2 Å². The highest BCUT2D eigenvalue weighted by Crippen LogP contribution is 2.56. The number of carboxylic acid groups (broad SMARTS) is 1. The van der Waals surface area contributed by atoms with Crippen LogP contribution in [0.5, 0.6) is 0 Å². The minimum atomic E-state index is -1.90. The number of carbonyl (C=O) groups excluding carboxylic acids is 1. The smallest absolute Gasteiger partial charge is 0.359 e. The normalized spacial score (nSPS) is 25.8. The largest absolute Gasteiger partial charge is 0.479 e. The molecule has 266 valence electrons. The van der Waals surface area contributed by atoms with Gasteiger partial charge in [-0.1, -0.05) is 34.4 Å². The maximum absolute atomic E-state index is 13.0. The molecule has 0 unspecified atom stereocenters. The fourth-order valence-corrected chi connectivity index (χ4v) is 8.00. The fraction of sp³-hybridized carbons (Fsp3) is 0.417. The van der Waals surface area contributed by atoms with Crippen LogP contribution in [0.4, 0.5) is 5.69 Å². The first-order chi connectivity index (χ1) is 24.4. The van der Waals surface area contributed by atoms with Crippen molar-refractivity contribution in [3.63, 3.8) is 0 Å². The SMILES string of the molecule is Cc1cc(C(=O)O[C@@H]2O[C@H](C(=O)O)[C@@H](O)[C@H](O)[C@H]2O)nc2ccc(N3CCC4(C=C(c5c(-c6c(Cl)cncc6Cl)noc5C5CC5)C4)CC3)cc12. The Labute approximate surface area is 301 Å². The van der Waals surface area contributed by atoms with Crippen molar-refractivity contribution < 1.29 is 44.0 Å². The summed E-state index contributed by atoms with van der Waals surface area (Å²) >= 11 is 13.1. The van der Waals surface area contributed by atoms with E-state index < -0.39 is 42.6 Å². The molecule has 4 aromatic rings. The summed E-state index contributed by atoms with van der Waals surface area (Å²) < 4.78 is 16.2. The molecule has 51 heavy (non-hydrogen) atoms. The van der Waals surface area contributed by atoms with Gasteiger partial charge in [0.25, 0.3) is 0 Å². The zero-order valence-electron chi connectivity index (χ0n) is 27.3. The zero-order chi connectivity index (χ0) is 35.8. The van der Waals surface area contributed by atoms with E-state index in [1.807, 2.05) is 25.1 Å². The average molecular weight is 738 g/mol. The van der Waals surface area contributed by atoms with E-state index in [1.165, 1.54) is 11.6 Å². The molecule has 1 saturated carbocycles. The summed E-state index contributed by atoms with van der Waals surface area (Å²) in [6, 6.07) is 7.37. The molecule has 5 atom stereocenters. The minimum absolute atomic E-state index is 0.0743. The second-order valence-corrected chi connectivity index (χ2v) is 14.7. The molecule has 4 N–H and O–H groups in total. The van der Waals surface area contributed by atoms with E-state index in [2.05, 4.69) is 26.1 Å². The van der Waals surface area contributed by atoms with Crippen molar-refractivity contribution in [3.05, 3.63) is 75.4 Å². The molecule has 0 radical (unpaired) electrons. The summed E-state index contributed by atoms with van der Waals surface area (Å²) in [7, 11) is 0. The number of esters is 1. The lowest BCUT2D eigenvalue weighted by Gasteiger charge is -2.47. The maximum Gasteiger partial charge on any atom is 0.359 e. The molecule has 2 aliphatic heterocycles. The third-order valence-electron chi connectivity index (χ3n) is 10.5. The van der Waals surface area contributed by atoms with E-state index >= 15 is 0 Å².